The topological polar surface area (TPSA) is 238 Å². The first-order valence-electron chi connectivity index (χ1n) is 18.0. The molecule has 0 bridgehead atoms. The van der Waals surface area contributed by atoms with Crippen LogP contribution >= 0.6 is 7.82 Å². The van der Waals surface area contributed by atoms with Gasteiger partial charge >= 0.3 is 11.9 Å². The summed E-state index contributed by atoms with van der Waals surface area (Å²) >= 11 is 0. The van der Waals surface area contributed by atoms with E-state index in [9.17, 15) is 44.6 Å². The fourth-order valence-corrected chi connectivity index (χ4v) is 6.48. The third-order valence-corrected chi connectivity index (χ3v) is 9.51. The third kappa shape index (κ3) is 19.9. The molecule has 1 aliphatic rings. The molecule has 1 rings (SSSR count). The van der Waals surface area contributed by atoms with Crippen LogP contribution in [0.5, 0.6) is 0 Å². The number of phosphoric ester groups is 1. The Balaban J connectivity index is 2.46. The Morgan fingerprint density at radius 3 is 1.54 bits per heavy atom. The molecule has 1 saturated carbocycles. The van der Waals surface area contributed by atoms with Crippen LogP contribution < -0.4 is 10.6 Å². The Bertz CT molecular complexity index is 882. The molecule has 0 radical (unpaired) electrons. The Labute approximate surface area is 286 Å². The molecule has 0 amide bonds. The molecule has 8 atom stereocenters. The van der Waals surface area contributed by atoms with Gasteiger partial charge in [0.25, 0.3) is 7.82 Å². The molecule has 7 N–H and O–H groups in total. The predicted octanol–water partition coefficient (Wildman–Crippen LogP) is 2.91. The van der Waals surface area contributed by atoms with E-state index >= 15 is 0 Å². The second-order valence-corrected chi connectivity index (χ2v) is 14.2. The van der Waals surface area contributed by atoms with Crippen LogP contribution in [0.2, 0.25) is 0 Å². The zero-order chi connectivity index (χ0) is 35.8. The van der Waals surface area contributed by atoms with E-state index in [1.54, 1.807) is 0 Å². The Hall–Kier alpha value is -1.19. The lowest BCUT2D eigenvalue weighted by Gasteiger charge is -2.43. The number of carbonyl (C=O) groups is 2. The van der Waals surface area contributed by atoms with Crippen LogP contribution in [0.1, 0.15) is 135 Å². The fourth-order valence-electron chi connectivity index (χ4n) is 5.53. The number of hydrogen-bond donors (Lipinski definition) is 6. The maximum Gasteiger partial charge on any atom is 0.306 e. The number of hydrogen-bond acceptors (Lipinski definition) is 14. The maximum atomic E-state index is 12.6. The number of rotatable bonds is 29. The maximum absolute atomic E-state index is 12.6. The van der Waals surface area contributed by atoms with Crippen molar-refractivity contribution < 1.29 is 63.1 Å². The molecule has 0 aliphatic heterocycles. The van der Waals surface area contributed by atoms with Crippen molar-refractivity contribution in [2.75, 3.05) is 19.8 Å². The van der Waals surface area contributed by atoms with E-state index in [1.807, 2.05) is 0 Å². The van der Waals surface area contributed by atoms with Crippen molar-refractivity contribution in [2.45, 2.75) is 178 Å². The summed E-state index contributed by atoms with van der Waals surface area (Å²) in [5, 5.41) is 49.5. The van der Waals surface area contributed by atoms with Crippen LogP contribution in [0.3, 0.4) is 0 Å². The monoisotopic (exact) mass is 712 g/mol. The minimum Gasteiger partial charge on any atom is -0.756 e. The van der Waals surface area contributed by atoms with E-state index in [-0.39, 0.29) is 12.8 Å². The summed E-state index contributed by atoms with van der Waals surface area (Å²) in [7, 11) is -5.35. The van der Waals surface area contributed by atoms with E-state index in [1.165, 1.54) is 64.2 Å². The van der Waals surface area contributed by atoms with E-state index < -0.39 is 75.7 Å². The fraction of sp³-hybridized carbons (Fsp3) is 0.939. The van der Waals surface area contributed by atoms with E-state index in [4.69, 9.17) is 24.3 Å². The average molecular weight is 713 g/mol. The molecule has 0 aromatic rings. The number of aliphatic hydroxyl groups is 5. The van der Waals surface area contributed by atoms with Gasteiger partial charge in [0.2, 0.25) is 0 Å². The lowest BCUT2D eigenvalue weighted by Crippen LogP contribution is -2.64. The SMILES string of the molecule is CCCCCCCCCCCCCCCCCC(=O)O[C@H](COC(=O)CCCCCN)COP(=O)([O-])OC1[C@H](O)[C@H](O)C(O)[C@H](O)[C@H]1O. The summed E-state index contributed by atoms with van der Waals surface area (Å²) in [4.78, 5) is 37.2. The van der Waals surface area contributed by atoms with Crippen LogP contribution in [0.15, 0.2) is 0 Å². The predicted molar refractivity (Wildman–Crippen MR) is 176 cm³/mol. The number of aliphatic hydroxyl groups excluding tert-OH is 5. The van der Waals surface area contributed by atoms with Crippen molar-refractivity contribution in [3.63, 3.8) is 0 Å². The van der Waals surface area contributed by atoms with Gasteiger partial charge < -0.3 is 54.7 Å². The first-order chi connectivity index (χ1) is 22.9. The number of carbonyl (C=O) groups excluding carboxylic acids is 2. The highest BCUT2D eigenvalue weighted by Gasteiger charge is 2.50. The number of unbranched alkanes of at least 4 members (excludes halogenated alkanes) is 16. The molecule has 1 fully saturated rings. The molecular weight excluding hydrogens is 649 g/mol. The van der Waals surface area contributed by atoms with Crippen LogP contribution in [-0.2, 0) is 32.7 Å². The van der Waals surface area contributed by atoms with E-state index in [0.717, 1.165) is 38.5 Å². The summed E-state index contributed by atoms with van der Waals surface area (Å²) in [6.45, 7) is 1.43. The van der Waals surface area contributed by atoms with Gasteiger partial charge in [-0.15, -0.1) is 0 Å². The summed E-state index contributed by atoms with van der Waals surface area (Å²) in [5.74, 6) is -1.20. The van der Waals surface area contributed by atoms with Crippen molar-refractivity contribution in [3.8, 4) is 0 Å². The highest BCUT2D eigenvalue weighted by Crippen LogP contribution is 2.43. The van der Waals surface area contributed by atoms with Gasteiger partial charge in [-0.1, -0.05) is 103 Å². The van der Waals surface area contributed by atoms with Gasteiger partial charge in [0, 0.05) is 12.8 Å². The zero-order valence-electron chi connectivity index (χ0n) is 28.8. The highest BCUT2D eigenvalue weighted by molar-refractivity contribution is 7.45. The van der Waals surface area contributed by atoms with Gasteiger partial charge in [-0.05, 0) is 25.8 Å². The van der Waals surface area contributed by atoms with Crippen molar-refractivity contribution in [2.24, 2.45) is 5.73 Å². The van der Waals surface area contributed by atoms with Crippen molar-refractivity contribution in [1.82, 2.24) is 0 Å². The molecule has 284 valence electrons. The molecule has 14 nitrogen and oxygen atoms in total. The second-order valence-electron chi connectivity index (χ2n) is 12.9. The minimum absolute atomic E-state index is 0.0753. The standard InChI is InChI=1S/C33H64NO13P/c1-2-3-4-5-6-7-8-9-10-11-12-13-14-15-17-21-27(36)46-25(23-44-26(35)20-18-16-19-22-34)24-45-48(42,43)47-33-31(40)29(38)28(37)30(39)32(33)41/h25,28-33,37-41H,2-24,34H2,1H3,(H,42,43)/p-1/t25-,28?,29-,30+,31-,32-,33?/m1/s1. The average Bonchev–Trinajstić information content (AvgIpc) is 3.06. The zero-order valence-corrected chi connectivity index (χ0v) is 29.7. The number of phosphoric acid groups is 1. The lowest BCUT2D eigenvalue weighted by atomic mass is 9.85. The van der Waals surface area contributed by atoms with Gasteiger partial charge in [-0.25, -0.2) is 0 Å². The second kappa shape index (κ2) is 26.6. The normalized spacial score (nSPS) is 24.6. The van der Waals surface area contributed by atoms with Gasteiger partial charge in [0.15, 0.2) is 6.10 Å². The van der Waals surface area contributed by atoms with Crippen LogP contribution in [0, 0.1) is 0 Å². The Kier molecular flexibility index (Phi) is 24.8. The Morgan fingerprint density at radius 1 is 0.646 bits per heavy atom. The third-order valence-electron chi connectivity index (χ3n) is 8.54. The summed E-state index contributed by atoms with van der Waals surface area (Å²) in [6, 6.07) is 0. The summed E-state index contributed by atoms with van der Waals surface area (Å²) < 4.78 is 32.6. The number of nitrogens with two attached hydrogens (primary N) is 1. The molecule has 48 heavy (non-hydrogen) atoms. The highest BCUT2D eigenvalue weighted by atomic mass is 31.2. The molecule has 3 unspecified atom stereocenters. The molecule has 0 heterocycles. The van der Waals surface area contributed by atoms with Crippen molar-refractivity contribution in [1.29, 1.82) is 0 Å². The largest absolute Gasteiger partial charge is 0.756 e. The quantitative estimate of drug-likeness (QED) is 0.0372. The van der Waals surface area contributed by atoms with E-state index in [2.05, 4.69) is 6.92 Å². The van der Waals surface area contributed by atoms with Gasteiger partial charge in [0.1, 0.15) is 43.2 Å². The molecule has 0 spiro atoms. The van der Waals surface area contributed by atoms with Gasteiger partial charge in [-0.2, -0.15) is 0 Å². The summed E-state index contributed by atoms with van der Waals surface area (Å²) in [6.07, 6.45) is 6.33. The number of ether oxygens (including phenoxy) is 2. The molecule has 1 aliphatic carbocycles. The molecular formula is C33H63NO13P-. The van der Waals surface area contributed by atoms with Crippen LogP contribution in [0.25, 0.3) is 0 Å². The van der Waals surface area contributed by atoms with Gasteiger partial charge in [-0.3, -0.25) is 14.2 Å². The molecule has 15 heteroatoms. The first-order valence-corrected chi connectivity index (χ1v) is 19.5. The summed E-state index contributed by atoms with van der Waals surface area (Å²) in [5.41, 5.74) is 5.45. The van der Waals surface area contributed by atoms with Gasteiger partial charge in [0.05, 0.1) is 6.61 Å². The van der Waals surface area contributed by atoms with E-state index in [0.29, 0.717) is 19.4 Å². The van der Waals surface area contributed by atoms with Crippen LogP contribution in [-0.4, -0.2) is 100.0 Å². The Morgan fingerprint density at radius 2 is 1.06 bits per heavy atom. The smallest absolute Gasteiger partial charge is 0.306 e. The number of esters is 2. The first kappa shape index (κ1) is 44.8. The van der Waals surface area contributed by atoms with Crippen molar-refractivity contribution >= 4 is 19.8 Å². The van der Waals surface area contributed by atoms with Crippen molar-refractivity contribution in [3.05, 3.63) is 0 Å². The minimum atomic E-state index is -5.35. The van der Waals surface area contributed by atoms with Crippen LogP contribution in [0.4, 0.5) is 0 Å². The lowest BCUT2D eigenvalue weighted by molar-refractivity contribution is -0.261. The molecule has 0 aromatic carbocycles. The molecule has 0 saturated heterocycles. The molecule has 0 aromatic heterocycles.